The summed E-state index contributed by atoms with van der Waals surface area (Å²) >= 11 is 9.16. The lowest BCUT2D eigenvalue weighted by Crippen LogP contribution is -2.13. The van der Waals surface area contributed by atoms with Crippen LogP contribution in [0.25, 0.3) is 0 Å². The van der Waals surface area contributed by atoms with Crippen molar-refractivity contribution in [2.24, 2.45) is 0 Å². The summed E-state index contributed by atoms with van der Waals surface area (Å²) in [6.45, 7) is 0. The number of benzene rings is 2. The van der Waals surface area contributed by atoms with Crippen molar-refractivity contribution in [3.05, 3.63) is 57.5 Å². The van der Waals surface area contributed by atoms with Crippen molar-refractivity contribution in [2.45, 2.75) is 4.90 Å². The van der Waals surface area contributed by atoms with E-state index in [0.29, 0.717) is 10.0 Å². The SMILES string of the molecule is N#Cc1ccc(NS(=O)(=O)c2cccc(Br)c2)c(Cl)c1. The maximum Gasteiger partial charge on any atom is 0.261 e. The highest BCUT2D eigenvalue weighted by Gasteiger charge is 2.16. The summed E-state index contributed by atoms with van der Waals surface area (Å²) in [5.41, 5.74) is 0.589. The zero-order chi connectivity index (χ0) is 14.8. The van der Waals surface area contributed by atoms with Gasteiger partial charge in [-0.25, -0.2) is 8.42 Å². The fourth-order valence-corrected chi connectivity index (χ4v) is 3.47. The zero-order valence-electron chi connectivity index (χ0n) is 9.97. The Hall–Kier alpha value is -1.55. The van der Waals surface area contributed by atoms with Gasteiger partial charge in [-0.05, 0) is 36.4 Å². The summed E-state index contributed by atoms with van der Waals surface area (Å²) in [5, 5.41) is 8.91. The van der Waals surface area contributed by atoms with Crippen LogP contribution in [0.4, 0.5) is 5.69 Å². The van der Waals surface area contributed by atoms with E-state index in [9.17, 15) is 8.42 Å². The molecular weight excluding hydrogens is 364 g/mol. The number of anilines is 1. The molecule has 0 saturated carbocycles. The molecule has 0 aliphatic heterocycles. The molecule has 1 N–H and O–H groups in total. The van der Waals surface area contributed by atoms with Gasteiger partial charge in [0.15, 0.2) is 0 Å². The van der Waals surface area contributed by atoms with Gasteiger partial charge in [-0.1, -0.05) is 33.6 Å². The van der Waals surface area contributed by atoms with Crippen molar-refractivity contribution < 1.29 is 8.42 Å². The Morgan fingerprint density at radius 2 is 1.95 bits per heavy atom. The lowest BCUT2D eigenvalue weighted by molar-refractivity contribution is 0.601. The van der Waals surface area contributed by atoms with Gasteiger partial charge in [0.2, 0.25) is 0 Å². The molecule has 0 radical (unpaired) electrons. The molecule has 0 spiro atoms. The van der Waals surface area contributed by atoms with Crippen LogP contribution in [0.15, 0.2) is 51.8 Å². The Bertz CT molecular complexity index is 800. The van der Waals surface area contributed by atoms with Crippen LogP contribution in [0, 0.1) is 11.3 Å². The Balaban J connectivity index is 2.36. The molecule has 0 fully saturated rings. The molecule has 102 valence electrons. The van der Waals surface area contributed by atoms with Gasteiger partial charge >= 0.3 is 0 Å². The Kier molecular flexibility index (Phi) is 4.33. The van der Waals surface area contributed by atoms with E-state index >= 15 is 0 Å². The van der Waals surface area contributed by atoms with Crippen LogP contribution in [-0.2, 0) is 10.0 Å². The second kappa shape index (κ2) is 5.83. The van der Waals surface area contributed by atoms with Crippen molar-refractivity contribution >= 4 is 43.2 Å². The van der Waals surface area contributed by atoms with E-state index in [0.717, 1.165) is 0 Å². The van der Waals surface area contributed by atoms with Gasteiger partial charge in [0.1, 0.15) is 0 Å². The number of nitriles is 1. The van der Waals surface area contributed by atoms with Crippen molar-refractivity contribution in [3.8, 4) is 6.07 Å². The Labute approximate surface area is 130 Å². The highest BCUT2D eigenvalue weighted by atomic mass is 79.9. The molecule has 0 aromatic heterocycles. The van der Waals surface area contributed by atoms with Crippen LogP contribution in [0.5, 0.6) is 0 Å². The third kappa shape index (κ3) is 3.31. The molecule has 7 heteroatoms. The van der Waals surface area contributed by atoms with Gasteiger partial charge in [0.05, 0.1) is 27.2 Å². The van der Waals surface area contributed by atoms with Crippen molar-refractivity contribution in [1.29, 1.82) is 5.26 Å². The summed E-state index contributed by atoms with van der Waals surface area (Å²) in [5.74, 6) is 0. The second-order valence-corrected chi connectivity index (χ2v) is 6.87. The second-order valence-electron chi connectivity index (χ2n) is 3.87. The molecule has 20 heavy (non-hydrogen) atoms. The van der Waals surface area contributed by atoms with Crippen molar-refractivity contribution in [1.82, 2.24) is 0 Å². The minimum atomic E-state index is -3.73. The fourth-order valence-electron chi connectivity index (χ4n) is 1.51. The van der Waals surface area contributed by atoms with E-state index in [2.05, 4.69) is 20.7 Å². The minimum absolute atomic E-state index is 0.118. The van der Waals surface area contributed by atoms with Crippen LogP contribution < -0.4 is 4.72 Å². The number of sulfonamides is 1. The third-order valence-corrected chi connectivity index (χ3v) is 4.62. The van der Waals surface area contributed by atoms with Gasteiger partial charge in [-0.3, -0.25) is 4.72 Å². The highest BCUT2D eigenvalue weighted by molar-refractivity contribution is 9.10. The molecule has 0 saturated heterocycles. The first kappa shape index (κ1) is 14.9. The standard InChI is InChI=1S/C13H8BrClN2O2S/c14-10-2-1-3-11(7-10)20(18,19)17-13-5-4-9(8-16)6-12(13)15/h1-7,17H. The maximum atomic E-state index is 12.2. The average Bonchev–Trinajstić information content (AvgIpc) is 2.41. The normalized spacial score (nSPS) is 10.8. The van der Waals surface area contributed by atoms with Crippen LogP contribution in [-0.4, -0.2) is 8.42 Å². The molecule has 0 heterocycles. The monoisotopic (exact) mass is 370 g/mol. The van der Waals surface area contributed by atoms with Crippen molar-refractivity contribution in [3.63, 3.8) is 0 Å². The molecule has 2 aromatic rings. The first-order chi connectivity index (χ1) is 9.42. The topological polar surface area (TPSA) is 70.0 Å². The number of nitrogens with one attached hydrogen (secondary N) is 1. The largest absolute Gasteiger partial charge is 0.278 e. The summed E-state index contributed by atoms with van der Waals surface area (Å²) in [4.78, 5) is 0.118. The zero-order valence-corrected chi connectivity index (χ0v) is 13.1. The Morgan fingerprint density at radius 3 is 2.55 bits per heavy atom. The molecule has 0 bridgehead atoms. The Morgan fingerprint density at radius 1 is 1.20 bits per heavy atom. The van der Waals surface area contributed by atoms with E-state index in [1.807, 2.05) is 6.07 Å². The summed E-state index contributed by atoms with van der Waals surface area (Å²) < 4.78 is 27.5. The van der Waals surface area contributed by atoms with Gasteiger partial charge in [-0.15, -0.1) is 0 Å². The number of nitrogens with zero attached hydrogens (tertiary/aromatic N) is 1. The van der Waals surface area contributed by atoms with Gasteiger partial charge in [0.25, 0.3) is 10.0 Å². The van der Waals surface area contributed by atoms with E-state index < -0.39 is 10.0 Å². The summed E-state index contributed by atoms with van der Waals surface area (Å²) in [7, 11) is -3.73. The smallest absolute Gasteiger partial charge is 0.261 e. The van der Waals surface area contributed by atoms with Gasteiger partial charge in [0, 0.05) is 4.47 Å². The molecule has 0 unspecified atom stereocenters. The number of hydrogen-bond donors (Lipinski definition) is 1. The van der Waals surface area contributed by atoms with Crippen LogP contribution in [0.1, 0.15) is 5.56 Å². The molecule has 4 nitrogen and oxygen atoms in total. The highest BCUT2D eigenvalue weighted by Crippen LogP contribution is 2.26. The maximum absolute atomic E-state index is 12.2. The molecule has 2 aromatic carbocycles. The quantitative estimate of drug-likeness (QED) is 0.892. The van der Waals surface area contributed by atoms with Crippen molar-refractivity contribution in [2.75, 3.05) is 4.72 Å². The molecule has 0 amide bonds. The van der Waals surface area contributed by atoms with Crippen LogP contribution >= 0.6 is 27.5 Å². The molecular formula is C13H8BrClN2O2S. The predicted octanol–water partition coefficient (Wildman–Crippen LogP) is 3.77. The van der Waals surface area contributed by atoms with E-state index in [-0.39, 0.29) is 15.6 Å². The third-order valence-electron chi connectivity index (χ3n) is 2.45. The molecule has 2 rings (SSSR count). The average molecular weight is 372 g/mol. The number of hydrogen-bond acceptors (Lipinski definition) is 3. The summed E-state index contributed by atoms with van der Waals surface area (Å²) in [6.07, 6.45) is 0. The van der Waals surface area contributed by atoms with Gasteiger partial charge in [-0.2, -0.15) is 5.26 Å². The number of halogens is 2. The van der Waals surface area contributed by atoms with Crippen LogP contribution in [0.2, 0.25) is 5.02 Å². The first-order valence-electron chi connectivity index (χ1n) is 5.40. The molecule has 0 aliphatic carbocycles. The van der Waals surface area contributed by atoms with E-state index in [4.69, 9.17) is 16.9 Å². The predicted molar refractivity (Wildman–Crippen MR) is 81.1 cm³/mol. The number of rotatable bonds is 3. The first-order valence-corrected chi connectivity index (χ1v) is 8.06. The fraction of sp³-hybridized carbons (Fsp3) is 0. The van der Waals surface area contributed by atoms with E-state index in [1.54, 1.807) is 12.1 Å². The molecule has 0 aliphatic rings. The lowest BCUT2D eigenvalue weighted by Gasteiger charge is -2.10. The minimum Gasteiger partial charge on any atom is -0.278 e. The van der Waals surface area contributed by atoms with E-state index in [1.165, 1.54) is 30.3 Å². The summed E-state index contributed by atoms with van der Waals surface area (Å²) in [6, 6.07) is 12.6. The molecule has 0 atom stereocenters. The van der Waals surface area contributed by atoms with Gasteiger partial charge < -0.3 is 0 Å². The van der Waals surface area contributed by atoms with Crippen LogP contribution in [0.3, 0.4) is 0 Å². The lowest BCUT2D eigenvalue weighted by atomic mass is 10.2.